The third-order valence-corrected chi connectivity index (χ3v) is 21.9. The Hall–Kier alpha value is 0.870. The van der Waals surface area contributed by atoms with E-state index in [0.717, 1.165) is 0 Å². The quantitative estimate of drug-likeness (QED) is 0.117. The summed E-state index contributed by atoms with van der Waals surface area (Å²) in [5, 5.41) is 39.8. The first kappa shape index (κ1) is 33.9. The summed E-state index contributed by atoms with van der Waals surface area (Å²) < 4.78 is 21.3. The molecule has 0 heterocycles. The van der Waals surface area contributed by atoms with Crippen molar-refractivity contribution >= 4 is 37.9 Å². The molecule has 0 saturated carbocycles. The van der Waals surface area contributed by atoms with Crippen molar-refractivity contribution in [1.29, 1.82) is 0 Å². The number of nitrogens with one attached hydrogen (secondary N) is 12. The van der Waals surface area contributed by atoms with Gasteiger partial charge in [0.1, 0.15) is 0 Å². The first-order valence-electron chi connectivity index (χ1n) is 10.4. The second-order valence-corrected chi connectivity index (χ2v) is 21.1. The van der Waals surface area contributed by atoms with E-state index in [0.29, 0.717) is 0 Å². The van der Waals surface area contributed by atoms with Crippen molar-refractivity contribution in [2.24, 2.45) is 18.1 Å². The van der Waals surface area contributed by atoms with Crippen LogP contribution in [0.3, 0.4) is 0 Å². The van der Waals surface area contributed by atoms with Crippen LogP contribution in [0, 0.1) is 0 Å². The molecule has 0 atom stereocenters. The van der Waals surface area contributed by atoms with Crippen LogP contribution < -0.4 is 61.0 Å². The molecule has 0 radical (unpaired) electrons. The van der Waals surface area contributed by atoms with Gasteiger partial charge in [0.2, 0.25) is 0 Å². The van der Waals surface area contributed by atoms with Gasteiger partial charge < -0.3 is 0 Å². The second-order valence-electron chi connectivity index (χ2n) is 6.22. The molecule has 0 aliphatic rings. The Balaban J connectivity index is 8.32. The first-order chi connectivity index (χ1) is 15.6. The van der Waals surface area contributed by atoms with Crippen LogP contribution in [-0.2, 0) is 0 Å². The maximum absolute atomic E-state index is 5.32. The average molecular weight is 573 g/mol. The van der Waals surface area contributed by atoms with E-state index in [9.17, 15) is 0 Å². The summed E-state index contributed by atoms with van der Waals surface area (Å²) in [6.45, 7) is 0. The molecule has 0 amide bonds. The summed E-state index contributed by atoms with van der Waals surface area (Å²) in [7, 11) is 8.80. The summed E-state index contributed by atoms with van der Waals surface area (Å²) >= 11 is 0. The van der Waals surface area contributed by atoms with Gasteiger partial charge in [-0.05, 0) is 0 Å². The van der Waals surface area contributed by atoms with Crippen molar-refractivity contribution in [2.45, 2.75) is 0 Å². The standard InChI is InChI=1S/C12H49N16P5/c1-13-29(14-2,15-3)25-33(26-30(16-4,17-5)18-6,27-31(19-7,20-8)21-9)28-32(22-10,23-11)24-12/h13-24,33H,1-12H3. The number of hydrogen-bond acceptors (Lipinski definition) is 4. The van der Waals surface area contributed by atoms with E-state index in [1.54, 1.807) is 0 Å². The molecule has 21 heteroatoms. The van der Waals surface area contributed by atoms with E-state index in [2.05, 4.69) is 61.0 Å². The van der Waals surface area contributed by atoms with E-state index in [1.165, 1.54) is 0 Å². The molecule has 0 aromatic carbocycles. The van der Waals surface area contributed by atoms with Gasteiger partial charge in [0.05, 0.1) is 0 Å². The van der Waals surface area contributed by atoms with Crippen LogP contribution in [0.4, 0.5) is 0 Å². The summed E-state index contributed by atoms with van der Waals surface area (Å²) in [6.07, 6.45) is 0. The Kier molecular flexibility index (Phi) is 15.6. The molecule has 0 unspecified atom stereocenters. The van der Waals surface area contributed by atoms with E-state index in [-0.39, 0.29) is 0 Å². The normalized spacial score (nSPS) is 14.2. The fourth-order valence-corrected chi connectivity index (χ4v) is 19.9. The zero-order valence-corrected chi connectivity index (χ0v) is 26.7. The molecule has 202 valence electrons. The van der Waals surface area contributed by atoms with Gasteiger partial charge in [-0.3, -0.25) is 0 Å². The van der Waals surface area contributed by atoms with Crippen molar-refractivity contribution in [1.82, 2.24) is 61.0 Å². The van der Waals surface area contributed by atoms with Crippen LogP contribution in [0.15, 0.2) is 18.1 Å². The van der Waals surface area contributed by atoms with Gasteiger partial charge in [0.25, 0.3) is 0 Å². The fraction of sp³-hybridized carbons (Fsp3) is 1.00. The predicted octanol–water partition coefficient (Wildman–Crippen LogP) is 0.814. The molecule has 0 aromatic rings. The molecule has 16 nitrogen and oxygen atoms in total. The molecule has 0 aliphatic carbocycles. The monoisotopic (exact) mass is 572 g/mol. The predicted molar refractivity (Wildman–Crippen MR) is 154 cm³/mol. The minimum absolute atomic E-state index is 1.85. The Morgan fingerprint density at radius 3 is 0.515 bits per heavy atom. The Morgan fingerprint density at radius 1 is 0.303 bits per heavy atom. The molecule has 33 heavy (non-hydrogen) atoms. The summed E-state index contributed by atoms with van der Waals surface area (Å²) in [5.41, 5.74) is 0. The van der Waals surface area contributed by atoms with E-state index in [1.807, 2.05) is 84.6 Å². The Morgan fingerprint density at radius 2 is 0.424 bits per heavy atom. The van der Waals surface area contributed by atoms with Crippen molar-refractivity contribution in [3.63, 3.8) is 0 Å². The van der Waals surface area contributed by atoms with E-state index < -0.39 is 37.9 Å². The molecule has 12 N–H and O–H groups in total. The summed E-state index contributed by atoms with van der Waals surface area (Å²) in [5.74, 6) is 0. The molecule has 0 spiro atoms. The molecule has 0 bridgehead atoms. The fourth-order valence-electron chi connectivity index (χ4n) is 2.87. The Bertz CT molecular complexity index is 602. The maximum atomic E-state index is 5.32. The van der Waals surface area contributed by atoms with Gasteiger partial charge in [-0.1, -0.05) is 0 Å². The molecule has 0 aliphatic heterocycles. The van der Waals surface area contributed by atoms with Crippen LogP contribution in [0.5, 0.6) is 0 Å². The van der Waals surface area contributed by atoms with Crippen LogP contribution in [0.2, 0.25) is 0 Å². The van der Waals surface area contributed by atoms with Crippen molar-refractivity contribution in [2.75, 3.05) is 84.6 Å². The van der Waals surface area contributed by atoms with Gasteiger partial charge >= 0.3 is 202 Å². The van der Waals surface area contributed by atoms with Crippen LogP contribution >= 0.6 is 37.9 Å². The Labute approximate surface area is 201 Å². The van der Waals surface area contributed by atoms with E-state index in [4.69, 9.17) is 18.1 Å². The molecule has 0 saturated heterocycles. The number of rotatable bonds is 16. The van der Waals surface area contributed by atoms with Gasteiger partial charge in [-0.25, -0.2) is 0 Å². The van der Waals surface area contributed by atoms with Gasteiger partial charge in [0, 0.05) is 0 Å². The third-order valence-electron chi connectivity index (χ3n) is 5.02. The molecular formula is C12H49N16P5. The first-order valence-corrected chi connectivity index (χ1v) is 19.1. The van der Waals surface area contributed by atoms with Crippen molar-refractivity contribution in [3.05, 3.63) is 0 Å². The van der Waals surface area contributed by atoms with Gasteiger partial charge in [0.15, 0.2) is 0 Å². The zero-order chi connectivity index (χ0) is 25.8. The summed E-state index contributed by atoms with van der Waals surface area (Å²) in [4.78, 5) is 0. The molecule has 0 rings (SSSR count). The summed E-state index contributed by atoms with van der Waals surface area (Å²) in [6, 6.07) is 0. The van der Waals surface area contributed by atoms with Gasteiger partial charge in [-0.2, -0.15) is 0 Å². The second kappa shape index (κ2) is 15.2. The van der Waals surface area contributed by atoms with Crippen molar-refractivity contribution in [3.8, 4) is 0 Å². The van der Waals surface area contributed by atoms with Crippen LogP contribution in [0.25, 0.3) is 0 Å². The average Bonchev–Trinajstić information content (AvgIpc) is 2.88. The third kappa shape index (κ3) is 8.45. The number of hydrogen-bond donors (Lipinski definition) is 12. The SMILES string of the molecule is CNP(=N[PH](N=P(NC)(NC)NC)(N=P(NC)(NC)NC)N=P(NC)(NC)NC)(NC)NC. The van der Waals surface area contributed by atoms with E-state index >= 15 is 0 Å². The molecule has 0 aromatic heterocycles. The molecule has 0 fully saturated rings. The van der Waals surface area contributed by atoms with Crippen LogP contribution in [-0.4, -0.2) is 84.6 Å². The topological polar surface area (TPSA) is 194 Å². The zero-order valence-electron chi connectivity index (χ0n) is 22.1. The minimum atomic E-state index is -3.64. The van der Waals surface area contributed by atoms with Crippen LogP contribution in [0.1, 0.15) is 0 Å². The molecular weight excluding hydrogens is 523 g/mol. The number of nitrogens with zero attached hydrogens (tertiary/aromatic N) is 4. The van der Waals surface area contributed by atoms with Crippen molar-refractivity contribution < 1.29 is 0 Å². The van der Waals surface area contributed by atoms with Gasteiger partial charge in [-0.15, -0.1) is 0 Å².